The highest BCUT2D eigenvalue weighted by Gasteiger charge is 2.27. The Labute approximate surface area is 87.9 Å². The summed E-state index contributed by atoms with van der Waals surface area (Å²) in [5, 5.41) is 29.2. The number of carbonyl (C=O) groups is 2. The van der Waals surface area contributed by atoms with Crippen LogP contribution in [0.15, 0.2) is 0 Å². The van der Waals surface area contributed by atoms with E-state index in [0.717, 1.165) is 0 Å². The number of amides is 1. The molecule has 0 saturated heterocycles. The van der Waals surface area contributed by atoms with Gasteiger partial charge in [-0.2, -0.15) is 0 Å². The highest BCUT2D eigenvalue weighted by atomic mass is 16.4. The summed E-state index contributed by atoms with van der Waals surface area (Å²) in [6, 6.07) is -1.06. The summed E-state index contributed by atoms with van der Waals surface area (Å²) in [5.74, 6) is -2.62. The maximum atomic E-state index is 11.3. The van der Waals surface area contributed by atoms with Crippen LogP contribution in [0.2, 0.25) is 0 Å². The Kier molecular flexibility index (Phi) is 5.24. The predicted octanol–water partition coefficient (Wildman–Crippen LogP) is -1.05. The Bertz CT molecular complexity index is 241. The highest BCUT2D eigenvalue weighted by Crippen LogP contribution is 2.08. The van der Waals surface area contributed by atoms with Crippen LogP contribution in [-0.2, 0) is 9.59 Å². The molecule has 6 nitrogen and oxygen atoms in total. The molecule has 0 aliphatic heterocycles. The van der Waals surface area contributed by atoms with Gasteiger partial charge in [0.05, 0.1) is 6.10 Å². The van der Waals surface area contributed by atoms with Crippen molar-refractivity contribution in [3.8, 4) is 0 Å². The van der Waals surface area contributed by atoms with Crippen molar-refractivity contribution in [2.75, 3.05) is 0 Å². The Morgan fingerprint density at radius 1 is 1.13 bits per heavy atom. The molecule has 0 aliphatic rings. The number of rotatable bonds is 5. The summed E-state index contributed by atoms with van der Waals surface area (Å²) in [7, 11) is 0. The van der Waals surface area contributed by atoms with E-state index in [4.69, 9.17) is 10.2 Å². The van der Waals surface area contributed by atoms with E-state index in [2.05, 4.69) is 5.32 Å². The fraction of sp³-hybridized carbons (Fsp3) is 0.778. The van der Waals surface area contributed by atoms with Gasteiger partial charge in [0.1, 0.15) is 12.1 Å². The lowest BCUT2D eigenvalue weighted by molar-refractivity contribution is -0.144. The van der Waals surface area contributed by atoms with Crippen LogP contribution < -0.4 is 5.32 Å². The third kappa shape index (κ3) is 4.26. The zero-order chi connectivity index (χ0) is 12.2. The van der Waals surface area contributed by atoms with E-state index in [1.54, 1.807) is 0 Å². The summed E-state index contributed by atoms with van der Waals surface area (Å²) < 4.78 is 0. The van der Waals surface area contributed by atoms with Crippen molar-refractivity contribution in [1.29, 1.82) is 0 Å². The summed E-state index contributed by atoms with van der Waals surface area (Å²) in [6.07, 6.45) is -2.25. The zero-order valence-electron chi connectivity index (χ0n) is 8.97. The van der Waals surface area contributed by atoms with E-state index in [1.165, 1.54) is 20.8 Å². The molecule has 0 saturated carbocycles. The van der Waals surface area contributed by atoms with Crippen molar-refractivity contribution in [2.45, 2.75) is 39.0 Å². The molecule has 0 aromatic carbocycles. The predicted molar refractivity (Wildman–Crippen MR) is 52.1 cm³/mol. The second-order valence-corrected chi connectivity index (χ2v) is 3.61. The van der Waals surface area contributed by atoms with E-state index >= 15 is 0 Å². The SMILES string of the molecule is C[C@@H]([C@@H](C)O)[C@@H](O)C(=O)N[C@H](C)C(=O)O. The molecule has 4 atom stereocenters. The topological polar surface area (TPSA) is 107 Å². The van der Waals surface area contributed by atoms with Crippen LogP contribution in [0.25, 0.3) is 0 Å². The van der Waals surface area contributed by atoms with Crippen molar-refractivity contribution >= 4 is 11.9 Å². The third-order valence-corrected chi connectivity index (χ3v) is 2.26. The number of aliphatic hydroxyl groups excluding tert-OH is 2. The number of hydrogen-bond acceptors (Lipinski definition) is 4. The largest absolute Gasteiger partial charge is 0.480 e. The second-order valence-electron chi connectivity index (χ2n) is 3.61. The van der Waals surface area contributed by atoms with Gasteiger partial charge in [-0.05, 0) is 13.8 Å². The maximum Gasteiger partial charge on any atom is 0.325 e. The average molecular weight is 219 g/mol. The maximum absolute atomic E-state index is 11.3. The minimum absolute atomic E-state index is 0.647. The average Bonchev–Trinajstić information content (AvgIpc) is 2.14. The van der Waals surface area contributed by atoms with Crippen LogP contribution in [0.5, 0.6) is 0 Å². The summed E-state index contributed by atoms with van der Waals surface area (Å²) in [5.41, 5.74) is 0. The summed E-state index contributed by atoms with van der Waals surface area (Å²) in [4.78, 5) is 21.7. The molecule has 0 radical (unpaired) electrons. The first kappa shape index (κ1) is 13.9. The lowest BCUT2D eigenvalue weighted by Crippen LogP contribution is -2.47. The minimum Gasteiger partial charge on any atom is -0.480 e. The smallest absolute Gasteiger partial charge is 0.325 e. The lowest BCUT2D eigenvalue weighted by atomic mass is 9.98. The van der Waals surface area contributed by atoms with Crippen LogP contribution in [0.1, 0.15) is 20.8 Å². The normalized spacial score (nSPS) is 18.7. The van der Waals surface area contributed by atoms with Crippen molar-refractivity contribution in [3.05, 3.63) is 0 Å². The number of carbonyl (C=O) groups excluding carboxylic acids is 1. The standard InChI is InChI=1S/C9H17NO5/c1-4(6(3)11)7(12)8(13)10-5(2)9(14)15/h4-7,11-12H,1-3H3,(H,10,13)(H,14,15)/t4-,5+,6+,7+/m0/s1. The molecule has 0 rings (SSSR count). The summed E-state index contributed by atoms with van der Waals surface area (Å²) >= 11 is 0. The van der Waals surface area contributed by atoms with Gasteiger partial charge < -0.3 is 20.6 Å². The Hall–Kier alpha value is -1.14. The van der Waals surface area contributed by atoms with Crippen molar-refractivity contribution in [3.63, 3.8) is 0 Å². The van der Waals surface area contributed by atoms with Crippen LogP contribution >= 0.6 is 0 Å². The number of aliphatic carboxylic acids is 1. The molecule has 0 aliphatic carbocycles. The molecule has 0 bridgehead atoms. The van der Waals surface area contributed by atoms with Gasteiger partial charge in [0.15, 0.2) is 0 Å². The number of hydrogen-bond donors (Lipinski definition) is 4. The fourth-order valence-electron chi connectivity index (χ4n) is 0.863. The third-order valence-electron chi connectivity index (χ3n) is 2.26. The molecule has 6 heteroatoms. The van der Waals surface area contributed by atoms with E-state index in [1.807, 2.05) is 0 Å². The molecular formula is C9H17NO5. The first-order valence-corrected chi connectivity index (χ1v) is 4.66. The molecule has 0 unspecified atom stereocenters. The van der Waals surface area contributed by atoms with Gasteiger partial charge in [0.25, 0.3) is 0 Å². The van der Waals surface area contributed by atoms with Gasteiger partial charge in [-0.15, -0.1) is 0 Å². The Balaban J connectivity index is 4.27. The van der Waals surface area contributed by atoms with Crippen LogP contribution in [0.3, 0.4) is 0 Å². The first-order valence-electron chi connectivity index (χ1n) is 4.66. The number of nitrogens with one attached hydrogen (secondary N) is 1. The summed E-state index contributed by atoms with van der Waals surface area (Å²) in [6.45, 7) is 4.24. The molecule has 15 heavy (non-hydrogen) atoms. The monoisotopic (exact) mass is 219 g/mol. The number of carboxylic acid groups (broad SMARTS) is 1. The molecule has 88 valence electrons. The number of carboxylic acids is 1. The van der Waals surface area contributed by atoms with E-state index in [0.29, 0.717) is 0 Å². The van der Waals surface area contributed by atoms with E-state index < -0.39 is 36.0 Å². The quantitative estimate of drug-likeness (QED) is 0.472. The first-order chi connectivity index (χ1) is 6.77. The van der Waals surface area contributed by atoms with Gasteiger partial charge in [0, 0.05) is 5.92 Å². The van der Waals surface area contributed by atoms with Gasteiger partial charge in [0.2, 0.25) is 5.91 Å². The van der Waals surface area contributed by atoms with Crippen molar-refractivity contribution < 1.29 is 24.9 Å². The molecular weight excluding hydrogens is 202 g/mol. The van der Waals surface area contributed by atoms with E-state index in [9.17, 15) is 14.7 Å². The van der Waals surface area contributed by atoms with Crippen LogP contribution in [-0.4, -0.2) is 45.4 Å². The van der Waals surface area contributed by atoms with Gasteiger partial charge in [-0.1, -0.05) is 6.92 Å². The lowest BCUT2D eigenvalue weighted by Gasteiger charge is -2.21. The highest BCUT2D eigenvalue weighted by molar-refractivity contribution is 5.86. The van der Waals surface area contributed by atoms with Crippen molar-refractivity contribution in [1.82, 2.24) is 5.32 Å². The van der Waals surface area contributed by atoms with Gasteiger partial charge in [-0.3, -0.25) is 9.59 Å². The molecule has 0 fully saturated rings. The molecule has 0 spiro atoms. The number of aliphatic hydroxyl groups is 2. The van der Waals surface area contributed by atoms with Crippen molar-refractivity contribution in [2.24, 2.45) is 5.92 Å². The molecule has 1 amide bonds. The van der Waals surface area contributed by atoms with Crippen LogP contribution in [0, 0.1) is 5.92 Å². The Morgan fingerprint density at radius 3 is 1.93 bits per heavy atom. The fourth-order valence-corrected chi connectivity index (χ4v) is 0.863. The molecule has 0 heterocycles. The van der Waals surface area contributed by atoms with Crippen LogP contribution in [0.4, 0.5) is 0 Å². The molecule has 4 N–H and O–H groups in total. The van der Waals surface area contributed by atoms with Gasteiger partial charge in [-0.25, -0.2) is 0 Å². The van der Waals surface area contributed by atoms with E-state index in [-0.39, 0.29) is 0 Å². The Morgan fingerprint density at radius 2 is 1.60 bits per heavy atom. The minimum atomic E-state index is -1.41. The molecule has 0 aromatic rings. The molecule has 0 aromatic heterocycles. The van der Waals surface area contributed by atoms with Gasteiger partial charge >= 0.3 is 5.97 Å². The zero-order valence-corrected chi connectivity index (χ0v) is 8.97. The second kappa shape index (κ2) is 5.67.